The molecule has 110 valence electrons. The van der Waals surface area contributed by atoms with Crippen molar-refractivity contribution >= 4 is 26.0 Å². The van der Waals surface area contributed by atoms with Gasteiger partial charge in [-0.05, 0) is 38.0 Å². The third-order valence-corrected chi connectivity index (χ3v) is 5.27. The molecule has 0 aliphatic carbocycles. The molecule has 0 atom stereocenters. The van der Waals surface area contributed by atoms with Crippen LogP contribution in [0.15, 0.2) is 57.1 Å². The van der Waals surface area contributed by atoms with Gasteiger partial charge in [0.05, 0.1) is 4.90 Å². The van der Waals surface area contributed by atoms with Gasteiger partial charge in [0.2, 0.25) is 0 Å². The molecule has 1 rings (SSSR count). The zero-order chi connectivity index (χ0) is 15.2. The van der Waals surface area contributed by atoms with E-state index in [0.29, 0.717) is 12.1 Å². The Kier molecular flexibility index (Phi) is 6.49. The fourth-order valence-corrected chi connectivity index (χ4v) is 3.22. The lowest BCUT2D eigenvalue weighted by Crippen LogP contribution is -2.23. The standard InChI is InChI=1S/C15H20BrNO2S/c1-4-12(3)15(16)11-13(5-2)17-20(18,19)14-9-7-6-8-10-14/h6-11,17H,4-5H2,1-3H3/b13-11+,15-12+. The largest absolute Gasteiger partial charge is 0.283 e. The van der Waals surface area contributed by atoms with Gasteiger partial charge in [-0.25, -0.2) is 8.42 Å². The molecule has 5 heteroatoms. The molecule has 0 aliphatic heterocycles. The first kappa shape index (κ1) is 17.0. The highest BCUT2D eigenvalue weighted by atomic mass is 79.9. The Balaban J connectivity index is 3.03. The topological polar surface area (TPSA) is 46.2 Å². The molecule has 3 nitrogen and oxygen atoms in total. The summed E-state index contributed by atoms with van der Waals surface area (Å²) in [6.45, 7) is 5.99. The van der Waals surface area contributed by atoms with Crippen LogP contribution in [0.5, 0.6) is 0 Å². The summed E-state index contributed by atoms with van der Waals surface area (Å²) in [5, 5.41) is 0. The highest BCUT2D eigenvalue weighted by Crippen LogP contribution is 2.19. The van der Waals surface area contributed by atoms with E-state index >= 15 is 0 Å². The van der Waals surface area contributed by atoms with Crippen LogP contribution in [0, 0.1) is 0 Å². The molecule has 0 unspecified atom stereocenters. The molecule has 20 heavy (non-hydrogen) atoms. The van der Waals surface area contributed by atoms with E-state index in [4.69, 9.17) is 0 Å². The fourth-order valence-electron chi connectivity index (χ4n) is 1.48. The number of hydrogen-bond acceptors (Lipinski definition) is 2. The second-order valence-corrected chi connectivity index (χ2v) is 6.96. The molecule has 1 aromatic carbocycles. The number of nitrogens with one attached hydrogen (secondary N) is 1. The predicted molar refractivity (Wildman–Crippen MR) is 87.1 cm³/mol. The van der Waals surface area contributed by atoms with Gasteiger partial charge in [0.25, 0.3) is 10.0 Å². The SMILES string of the molecule is CC/C(=C\C(Br)=C(\C)CC)NS(=O)(=O)c1ccccc1. The number of allylic oxidation sites excluding steroid dienone is 4. The summed E-state index contributed by atoms with van der Waals surface area (Å²) in [5.74, 6) is 0. The Morgan fingerprint density at radius 1 is 1.20 bits per heavy atom. The molecule has 1 aromatic rings. The van der Waals surface area contributed by atoms with Crippen LogP contribution < -0.4 is 4.72 Å². The highest BCUT2D eigenvalue weighted by Gasteiger charge is 2.14. The van der Waals surface area contributed by atoms with Crippen LogP contribution in [0.4, 0.5) is 0 Å². The zero-order valence-corrected chi connectivity index (χ0v) is 14.4. The molecule has 0 aromatic heterocycles. The zero-order valence-electron chi connectivity index (χ0n) is 12.0. The molecular weight excluding hydrogens is 338 g/mol. The van der Waals surface area contributed by atoms with Crippen LogP contribution in [0.3, 0.4) is 0 Å². The van der Waals surface area contributed by atoms with Crippen molar-refractivity contribution < 1.29 is 8.42 Å². The smallest absolute Gasteiger partial charge is 0.261 e. The Hall–Kier alpha value is -1.07. The molecule has 0 aliphatic rings. The molecule has 0 radical (unpaired) electrons. The molecule has 1 N–H and O–H groups in total. The third kappa shape index (κ3) is 4.80. The Morgan fingerprint density at radius 3 is 2.30 bits per heavy atom. The van der Waals surface area contributed by atoms with E-state index in [-0.39, 0.29) is 4.90 Å². The molecule has 0 amide bonds. The van der Waals surface area contributed by atoms with E-state index < -0.39 is 10.0 Å². The van der Waals surface area contributed by atoms with Crippen LogP contribution in [0.2, 0.25) is 0 Å². The average Bonchev–Trinajstić information content (AvgIpc) is 2.46. The minimum Gasteiger partial charge on any atom is -0.283 e. The van der Waals surface area contributed by atoms with E-state index in [1.165, 1.54) is 5.57 Å². The summed E-state index contributed by atoms with van der Waals surface area (Å²) in [4.78, 5) is 0.270. The lowest BCUT2D eigenvalue weighted by Gasteiger charge is -2.11. The van der Waals surface area contributed by atoms with Gasteiger partial charge in [-0.2, -0.15) is 0 Å². The summed E-state index contributed by atoms with van der Waals surface area (Å²) in [7, 11) is -3.51. The molecule has 0 bridgehead atoms. The summed E-state index contributed by atoms with van der Waals surface area (Å²) in [6, 6.07) is 8.37. The third-order valence-electron chi connectivity index (χ3n) is 2.94. The molecule has 0 spiro atoms. The maximum absolute atomic E-state index is 12.2. The van der Waals surface area contributed by atoms with Gasteiger partial charge in [-0.1, -0.05) is 53.5 Å². The van der Waals surface area contributed by atoms with Crippen molar-refractivity contribution in [2.24, 2.45) is 0 Å². The second-order valence-electron chi connectivity index (χ2n) is 4.42. The van der Waals surface area contributed by atoms with Crippen molar-refractivity contribution in [3.8, 4) is 0 Å². The monoisotopic (exact) mass is 357 g/mol. The number of rotatable bonds is 6. The van der Waals surface area contributed by atoms with Gasteiger partial charge in [0, 0.05) is 10.2 Å². The summed E-state index contributed by atoms with van der Waals surface area (Å²) in [5.41, 5.74) is 1.84. The number of sulfonamides is 1. The van der Waals surface area contributed by atoms with Crippen molar-refractivity contribution in [2.45, 2.75) is 38.5 Å². The van der Waals surface area contributed by atoms with Crippen LogP contribution in [0.25, 0.3) is 0 Å². The first-order chi connectivity index (χ1) is 9.40. The lowest BCUT2D eigenvalue weighted by atomic mass is 10.2. The number of hydrogen-bond donors (Lipinski definition) is 1. The van der Waals surface area contributed by atoms with Crippen molar-refractivity contribution in [3.63, 3.8) is 0 Å². The average molecular weight is 358 g/mol. The van der Waals surface area contributed by atoms with E-state index in [1.54, 1.807) is 30.3 Å². The summed E-state index contributed by atoms with van der Waals surface area (Å²) < 4.78 is 28.0. The molecule has 0 fully saturated rings. The van der Waals surface area contributed by atoms with Gasteiger partial charge >= 0.3 is 0 Å². The Morgan fingerprint density at radius 2 is 1.80 bits per heavy atom. The molecule has 0 saturated heterocycles. The van der Waals surface area contributed by atoms with Crippen molar-refractivity contribution in [3.05, 3.63) is 52.2 Å². The maximum atomic E-state index is 12.2. The summed E-state index contributed by atoms with van der Waals surface area (Å²) in [6.07, 6.45) is 3.36. The maximum Gasteiger partial charge on any atom is 0.261 e. The van der Waals surface area contributed by atoms with Gasteiger partial charge in [-0.3, -0.25) is 4.72 Å². The van der Waals surface area contributed by atoms with Gasteiger partial charge < -0.3 is 0 Å². The first-order valence-electron chi connectivity index (χ1n) is 6.54. The number of benzene rings is 1. The van der Waals surface area contributed by atoms with Gasteiger partial charge in [0.15, 0.2) is 0 Å². The van der Waals surface area contributed by atoms with Crippen molar-refractivity contribution in [1.29, 1.82) is 0 Å². The van der Waals surface area contributed by atoms with Crippen molar-refractivity contribution in [2.75, 3.05) is 0 Å². The van der Waals surface area contributed by atoms with E-state index in [9.17, 15) is 8.42 Å². The van der Waals surface area contributed by atoms with E-state index in [0.717, 1.165) is 10.9 Å². The van der Waals surface area contributed by atoms with E-state index in [2.05, 4.69) is 27.6 Å². The van der Waals surface area contributed by atoms with Gasteiger partial charge in [-0.15, -0.1) is 0 Å². The minimum atomic E-state index is -3.51. The molecule has 0 saturated carbocycles. The van der Waals surface area contributed by atoms with Crippen LogP contribution in [-0.4, -0.2) is 8.42 Å². The van der Waals surface area contributed by atoms with Crippen LogP contribution >= 0.6 is 15.9 Å². The second kappa shape index (κ2) is 7.64. The predicted octanol–water partition coefficient (Wildman–Crippen LogP) is 4.34. The van der Waals surface area contributed by atoms with Gasteiger partial charge in [0.1, 0.15) is 0 Å². The number of halogens is 1. The molecular formula is C15H20BrNO2S. The Bertz CT molecular complexity index is 604. The van der Waals surface area contributed by atoms with Crippen LogP contribution in [-0.2, 0) is 10.0 Å². The fraction of sp³-hybridized carbons (Fsp3) is 0.333. The lowest BCUT2D eigenvalue weighted by molar-refractivity contribution is 0.587. The van der Waals surface area contributed by atoms with Crippen LogP contribution in [0.1, 0.15) is 33.6 Å². The normalized spacial score (nSPS) is 13.9. The first-order valence-corrected chi connectivity index (χ1v) is 8.82. The quantitative estimate of drug-likeness (QED) is 0.769. The molecule has 0 heterocycles. The Labute approximate surface area is 130 Å². The minimum absolute atomic E-state index is 0.270. The van der Waals surface area contributed by atoms with E-state index in [1.807, 2.05) is 19.9 Å². The summed E-state index contributed by atoms with van der Waals surface area (Å²) >= 11 is 3.48. The van der Waals surface area contributed by atoms with Crippen molar-refractivity contribution in [1.82, 2.24) is 4.72 Å². The highest BCUT2D eigenvalue weighted by molar-refractivity contribution is 9.11.